The van der Waals surface area contributed by atoms with E-state index in [1.54, 1.807) is 12.1 Å². The Hall–Kier alpha value is -1.78. The van der Waals surface area contributed by atoms with Crippen LogP contribution in [0.2, 0.25) is 10.0 Å². The molecule has 0 atom stereocenters. The van der Waals surface area contributed by atoms with Crippen molar-refractivity contribution in [1.82, 2.24) is 4.98 Å². The molecule has 0 aliphatic carbocycles. The quantitative estimate of drug-likeness (QED) is 0.890. The van der Waals surface area contributed by atoms with E-state index in [9.17, 15) is 9.59 Å². The van der Waals surface area contributed by atoms with Gasteiger partial charge in [-0.1, -0.05) is 23.2 Å². The summed E-state index contributed by atoms with van der Waals surface area (Å²) in [4.78, 5) is 24.9. The number of hydrogen-bond acceptors (Lipinski definition) is 2. The van der Waals surface area contributed by atoms with E-state index in [-0.39, 0.29) is 11.1 Å². The molecule has 0 bridgehead atoms. The minimum Gasteiger partial charge on any atom is -0.478 e. The molecule has 0 aliphatic heterocycles. The standard InChI is InChI=1S/C12H7Cl2NO3/c13-8-1-6(2-9(14)4-8)10-3-7(12(17)18)5-15-11(10)16/h1-5H,(H,15,16)(H,17,18). The Kier molecular flexibility index (Phi) is 3.41. The summed E-state index contributed by atoms with van der Waals surface area (Å²) in [6.45, 7) is 0. The van der Waals surface area contributed by atoms with E-state index >= 15 is 0 Å². The molecule has 0 fully saturated rings. The molecule has 0 saturated carbocycles. The molecule has 0 unspecified atom stereocenters. The highest BCUT2D eigenvalue weighted by atomic mass is 35.5. The maximum atomic E-state index is 11.7. The van der Waals surface area contributed by atoms with Gasteiger partial charge >= 0.3 is 5.97 Å². The number of halogens is 2. The lowest BCUT2D eigenvalue weighted by Gasteiger charge is -2.03. The minimum absolute atomic E-state index is 0.0132. The van der Waals surface area contributed by atoms with Crippen molar-refractivity contribution in [3.63, 3.8) is 0 Å². The molecule has 1 aromatic carbocycles. The normalized spacial score (nSPS) is 10.3. The van der Waals surface area contributed by atoms with Gasteiger partial charge in [0.1, 0.15) is 0 Å². The van der Waals surface area contributed by atoms with Gasteiger partial charge in [-0.2, -0.15) is 0 Å². The van der Waals surface area contributed by atoms with E-state index in [1.807, 2.05) is 0 Å². The molecule has 0 aliphatic rings. The SMILES string of the molecule is O=C(O)c1c[nH]c(=O)c(-c2cc(Cl)cc(Cl)c2)c1. The van der Waals surface area contributed by atoms with Crippen LogP contribution in [0.3, 0.4) is 0 Å². The summed E-state index contributed by atoms with van der Waals surface area (Å²) in [5, 5.41) is 9.63. The number of carboxylic acid groups (broad SMARTS) is 1. The van der Waals surface area contributed by atoms with Gasteiger partial charge in [0.15, 0.2) is 0 Å². The number of H-pyrrole nitrogens is 1. The Labute approximate surface area is 112 Å². The van der Waals surface area contributed by atoms with Crippen molar-refractivity contribution in [2.45, 2.75) is 0 Å². The molecule has 2 aromatic rings. The van der Waals surface area contributed by atoms with E-state index in [4.69, 9.17) is 28.3 Å². The van der Waals surface area contributed by atoms with Crippen molar-refractivity contribution in [3.8, 4) is 11.1 Å². The lowest BCUT2D eigenvalue weighted by molar-refractivity contribution is 0.0696. The van der Waals surface area contributed by atoms with E-state index in [1.165, 1.54) is 12.1 Å². The van der Waals surface area contributed by atoms with E-state index in [2.05, 4.69) is 4.98 Å². The molecule has 0 saturated heterocycles. The van der Waals surface area contributed by atoms with Crippen LogP contribution in [0, 0.1) is 0 Å². The summed E-state index contributed by atoms with van der Waals surface area (Å²) in [5.41, 5.74) is 0.259. The van der Waals surface area contributed by atoms with Gasteiger partial charge in [-0.3, -0.25) is 4.79 Å². The summed E-state index contributed by atoms with van der Waals surface area (Å²) in [6.07, 6.45) is 1.14. The molecule has 2 N–H and O–H groups in total. The molecule has 1 aromatic heterocycles. The number of pyridine rings is 1. The van der Waals surface area contributed by atoms with Crippen molar-refractivity contribution in [2.75, 3.05) is 0 Å². The molecule has 4 nitrogen and oxygen atoms in total. The third kappa shape index (κ3) is 2.55. The summed E-state index contributed by atoms with van der Waals surface area (Å²) in [6, 6.07) is 5.90. The molecule has 92 valence electrons. The Morgan fingerprint density at radius 1 is 1.11 bits per heavy atom. The van der Waals surface area contributed by atoms with Crippen molar-refractivity contribution in [3.05, 3.63) is 56.4 Å². The first-order valence-electron chi connectivity index (χ1n) is 4.90. The van der Waals surface area contributed by atoms with Crippen molar-refractivity contribution in [1.29, 1.82) is 0 Å². The number of carboxylic acids is 1. The maximum absolute atomic E-state index is 11.7. The monoisotopic (exact) mass is 283 g/mol. The smallest absolute Gasteiger partial charge is 0.337 e. The number of carbonyl (C=O) groups is 1. The second-order valence-corrected chi connectivity index (χ2v) is 4.47. The molecule has 18 heavy (non-hydrogen) atoms. The summed E-state index contributed by atoms with van der Waals surface area (Å²) in [5.74, 6) is -1.12. The van der Waals surface area contributed by atoms with Crippen molar-refractivity contribution >= 4 is 29.2 Å². The highest BCUT2D eigenvalue weighted by Gasteiger charge is 2.10. The molecular weight excluding hydrogens is 277 g/mol. The lowest BCUT2D eigenvalue weighted by Crippen LogP contribution is -2.11. The fourth-order valence-corrected chi connectivity index (χ4v) is 2.06. The second kappa shape index (κ2) is 4.84. The van der Waals surface area contributed by atoms with Gasteiger partial charge in [0, 0.05) is 21.8 Å². The van der Waals surface area contributed by atoms with Crippen LogP contribution in [0.25, 0.3) is 11.1 Å². The van der Waals surface area contributed by atoms with Gasteiger partial charge in [0.25, 0.3) is 5.56 Å². The Morgan fingerprint density at radius 3 is 2.28 bits per heavy atom. The van der Waals surface area contributed by atoms with E-state index < -0.39 is 11.5 Å². The zero-order chi connectivity index (χ0) is 13.3. The first-order chi connectivity index (χ1) is 8.47. The number of nitrogens with one attached hydrogen (secondary N) is 1. The molecule has 1 heterocycles. The van der Waals surface area contributed by atoms with Crippen LogP contribution >= 0.6 is 23.2 Å². The van der Waals surface area contributed by atoms with Gasteiger partial charge in [0.05, 0.1) is 5.56 Å². The highest BCUT2D eigenvalue weighted by Crippen LogP contribution is 2.25. The third-order valence-corrected chi connectivity index (χ3v) is 2.76. The van der Waals surface area contributed by atoms with Crippen LogP contribution in [0.5, 0.6) is 0 Å². The molecule has 0 spiro atoms. The average molecular weight is 284 g/mol. The van der Waals surface area contributed by atoms with E-state index in [0.29, 0.717) is 15.6 Å². The first-order valence-corrected chi connectivity index (χ1v) is 5.65. The summed E-state index contributed by atoms with van der Waals surface area (Å²) in [7, 11) is 0. The fraction of sp³-hybridized carbons (Fsp3) is 0. The summed E-state index contributed by atoms with van der Waals surface area (Å²) >= 11 is 11.7. The van der Waals surface area contributed by atoms with Gasteiger partial charge in [0.2, 0.25) is 0 Å². The Morgan fingerprint density at radius 2 is 1.72 bits per heavy atom. The number of aromatic amines is 1. The van der Waals surface area contributed by atoms with Gasteiger partial charge in [-0.25, -0.2) is 4.79 Å². The van der Waals surface area contributed by atoms with E-state index in [0.717, 1.165) is 6.20 Å². The van der Waals surface area contributed by atoms with Crippen LogP contribution in [0.15, 0.2) is 35.3 Å². The Bertz CT molecular complexity index is 659. The molecule has 0 amide bonds. The van der Waals surface area contributed by atoms with Crippen LogP contribution in [0.4, 0.5) is 0 Å². The van der Waals surface area contributed by atoms with Gasteiger partial charge in [-0.05, 0) is 29.8 Å². The molecule has 6 heteroatoms. The maximum Gasteiger partial charge on any atom is 0.337 e. The average Bonchev–Trinajstić information content (AvgIpc) is 2.27. The zero-order valence-electron chi connectivity index (χ0n) is 8.91. The van der Waals surface area contributed by atoms with Crippen molar-refractivity contribution in [2.24, 2.45) is 0 Å². The predicted octanol–water partition coefficient (Wildman–Crippen LogP) is 3.05. The topological polar surface area (TPSA) is 70.2 Å². The van der Waals surface area contributed by atoms with Crippen molar-refractivity contribution < 1.29 is 9.90 Å². The van der Waals surface area contributed by atoms with Crippen LogP contribution in [-0.4, -0.2) is 16.1 Å². The number of rotatable bonds is 2. The number of hydrogen-bond donors (Lipinski definition) is 2. The van der Waals surface area contributed by atoms with Crippen LogP contribution in [-0.2, 0) is 0 Å². The minimum atomic E-state index is -1.12. The number of aromatic nitrogens is 1. The van der Waals surface area contributed by atoms with Gasteiger partial charge in [-0.15, -0.1) is 0 Å². The molecule has 0 radical (unpaired) electrons. The molecular formula is C12H7Cl2NO3. The van der Waals surface area contributed by atoms with Crippen LogP contribution in [0.1, 0.15) is 10.4 Å². The predicted molar refractivity (Wildman–Crippen MR) is 69.5 cm³/mol. The Balaban J connectivity index is 2.66. The first kappa shape index (κ1) is 12.7. The lowest BCUT2D eigenvalue weighted by atomic mass is 10.1. The van der Waals surface area contributed by atoms with Gasteiger partial charge < -0.3 is 10.1 Å². The molecule has 2 rings (SSSR count). The largest absolute Gasteiger partial charge is 0.478 e. The van der Waals surface area contributed by atoms with Crippen LogP contribution < -0.4 is 5.56 Å². The highest BCUT2D eigenvalue weighted by molar-refractivity contribution is 6.35. The fourth-order valence-electron chi connectivity index (χ4n) is 1.53. The second-order valence-electron chi connectivity index (χ2n) is 3.59. The number of benzene rings is 1. The summed E-state index contributed by atoms with van der Waals surface area (Å²) < 4.78 is 0. The zero-order valence-corrected chi connectivity index (χ0v) is 10.4. The third-order valence-electron chi connectivity index (χ3n) is 2.32. The number of aromatic carboxylic acids is 1.